The van der Waals surface area contributed by atoms with Gasteiger partial charge in [0.1, 0.15) is 0 Å². The van der Waals surface area contributed by atoms with Crippen LogP contribution in [0, 0.1) is 0 Å². The van der Waals surface area contributed by atoms with Crippen molar-refractivity contribution in [2.24, 2.45) is 0 Å². The van der Waals surface area contributed by atoms with E-state index in [9.17, 15) is 9.59 Å². The lowest BCUT2D eigenvalue weighted by Crippen LogP contribution is -2.48. The highest BCUT2D eigenvalue weighted by atomic mass is 16.5. The number of aromatic nitrogens is 2. The number of carbonyl (C=O) groups excluding carboxylic acids is 2. The molecule has 7 heteroatoms. The van der Waals surface area contributed by atoms with Gasteiger partial charge in [-0.1, -0.05) is 0 Å². The van der Waals surface area contributed by atoms with E-state index in [-0.39, 0.29) is 24.0 Å². The fourth-order valence-corrected chi connectivity index (χ4v) is 3.01. The molecule has 2 amide bonds. The zero-order valence-corrected chi connectivity index (χ0v) is 14.6. The van der Waals surface area contributed by atoms with Crippen molar-refractivity contribution in [3.63, 3.8) is 0 Å². The van der Waals surface area contributed by atoms with Crippen LogP contribution in [0.5, 0.6) is 0 Å². The molecule has 25 heavy (non-hydrogen) atoms. The van der Waals surface area contributed by atoms with Crippen LogP contribution in [0.3, 0.4) is 0 Å². The molecule has 2 heterocycles. The molecule has 1 aromatic heterocycles. The monoisotopic (exact) mass is 342 g/mol. The molecule has 0 unspecified atom stereocenters. The fourth-order valence-electron chi connectivity index (χ4n) is 3.01. The minimum atomic E-state index is -0.144. The Morgan fingerprint density at radius 1 is 1.16 bits per heavy atom. The van der Waals surface area contributed by atoms with Gasteiger partial charge in [0.25, 0.3) is 5.91 Å². The highest BCUT2D eigenvalue weighted by molar-refractivity contribution is 5.94. The van der Waals surface area contributed by atoms with Gasteiger partial charge < -0.3 is 15.0 Å². The van der Waals surface area contributed by atoms with Crippen molar-refractivity contribution in [3.05, 3.63) is 42.2 Å². The van der Waals surface area contributed by atoms with E-state index in [1.807, 2.05) is 30.9 Å². The summed E-state index contributed by atoms with van der Waals surface area (Å²) in [6.45, 7) is 6.60. The molecule has 0 spiro atoms. The number of morpholine rings is 1. The highest BCUT2D eigenvalue weighted by Crippen LogP contribution is 2.17. The molecular formula is C18H22N4O3. The number of ether oxygens (including phenoxy) is 1. The summed E-state index contributed by atoms with van der Waals surface area (Å²) in [4.78, 5) is 25.6. The number of amides is 2. The van der Waals surface area contributed by atoms with E-state index in [4.69, 9.17) is 4.74 Å². The second-order valence-electron chi connectivity index (χ2n) is 6.37. The molecule has 1 saturated heterocycles. The minimum absolute atomic E-state index is 0.00736. The average Bonchev–Trinajstić information content (AvgIpc) is 3.01. The van der Waals surface area contributed by atoms with Crippen LogP contribution in [-0.4, -0.2) is 51.8 Å². The molecular weight excluding hydrogens is 320 g/mol. The molecule has 1 fully saturated rings. The first kappa shape index (κ1) is 17.2. The maximum absolute atomic E-state index is 12.7. The number of hydrogen-bond acceptors (Lipinski definition) is 4. The third kappa shape index (κ3) is 4.06. The summed E-state index contributed by atoms with van der Waals surface area (Å²) in [5, 5.41) is 6.89. The average molecular weight is 342 g/mol. The Kier molecular flexibility index (Phi) is 4.85. The second-order valence-corrected chi connectivity index (χ2v) is 6.37. The SMILES string of the molecule is CC(=O)Nc1cnn(-c2ccc(C(=O)N3C[C@@H](C)O[C@@H](C)C3)cc2)c1. The standard InChI is InChI=1S/C18H22N4O3/c1-12-9-21(10-13(2)25-12)18(24)15-4-6-17(7-5-15)22-11-16(8-19-22)20-14(3)23/h4-8,11-13H,9-10H2,1-3H3,(H,20,23)/t12-,13+. The summed E-state index contributed by atoms with van der Waals surface area (Å²) in [6.07, 6.45) is 3.40. The van der Waals surface area contributed by atoms with E-state index >= 15 is 0 Å². The third-order valence-corrected chi connectivity index (χ3v) is 3.99. The van der Waals surface area contributed by atoms with Gasteiger partial charge in [-0.05, 0) is 38.1 Å². The Morgan fingerprint density at radius 2 is 1.80 bits per heavy atom. The van der Waals surface area contributed by atoms with E-state index < -0.39 is 0 Å². The first-order valence-corrected chi connectivity index (χ1v) is 8.30. The van der Waals surface area contributed by atoms with Crippen LogP contribution >= 0.6 is 0 Å². The summed E-state index contributed by atoms with van der Waals surface area (Å²) in [6, 6.07) is 7.26. The molecule has 0 bridgehead atoms. The Bertz CT molecular complexity index is 759. The van der Waals surface area contributed by atoms with E-state index in [1.165, 1.54) is 6.92 Å². The van der Waals surface area contributed by atoms with Crippen LogP contribution in [0.4, 0.5) is 5.69 Å². The molecule has 132 valence electrons. The number of carbonyl (C=O) groups is 2. The molecule has 1 aliphatic heterocycles. The highest BCUT2D eigenvalue weighted by Gasteiger charge is 2.26. The van der Waals surface area contributed by atoms with Crippen LogP contribution in [0.25, 0.3) is 5.69 Å². The quantitative estimate of drug-likeness (QED) is 0.926. The van der Waals surface area contributed by atoms with Gasteiger partial charge in [-0.2, -0.15) is 5.10 Å². The predicted molar refractivity (Wildman–Crippen MR) is 93.8 cm³/mol. The fraction of sp³-hybridized carbons (Fsp3) is 0.389. The van der Waals surface area contributed by atoms with Crippen molar-refractivity contribution in [3.8, 4) is 5.69 Å². The molecule has 1 aromatic carbocycles. The Balaban J connectivity index is 1.72. The predicted octanol–water partition coefficient (Wildman–Crippen LogP) is 2.08. The van der Waals surface area contributed by atoms with Crippen molar-refractivity contribution in [2.45, 2.75) is 33.0 Å². The maximum Gasteiger partial charge on any atom is 0.254 e. The molecule has 0 aliphatic carbocycles. The van der Waals surface area contributed by atoms with E-state index in [0.29, 0.717) is 24.3 Å². The van der Waals surface area contributed by atoms with Gasteiger partial charge in [0, 0.05) is 25.6 Å². The van der Waals surface area contributed by atoms with Gasteiger partial charge in [0.05, 0.1) is 36.0 Å². The van der Waals surface area contributed by atoms with E-state index in [1.54, 1.807) is 29.2 Å². The molecule has 3 rings (SSSR count). The maximum atomic E-state index is 12.7. The molecule has 1 N–H and O–H groups in total. The van der Waals surface area contributed by atoms with Gasteiger partial charge in [-0.15, -0.1) is 0 Å². The number of rotatable bonds is 3. The van der Waals surface area contributed by atoms with Crippen LogP contribution in [0.15, 0.2) is 36.7 Å². The lowest BCUT2D eigenvalue weighted by molar-refractivity contribution is -0.114. The largest absolute Gasteiger partial charge is 0.372 e. The summed E-state index contributed by atoms with van der Waals surface area (Å²) >= 11 is 0. The number of nitrogens with one attached hydrogen (secondary N) is 1. The first-order chi connectivity index (χ1) is 11.9. The number of anilines is 1. The number of hydrogen-bond donors (Lipinski definition) is 1. The van der Waals surface area contributed by atoms with Crippen LogP contribution < -0.4 is 5.32 Å². The van der Waals surface area contributed by atoms with Crippen molar-refractivity contribution >= 4 is 17.5 Å². The zero-order valence-electron chi connectivity index (χ0n) is 14.6. The zero-order chi connectivity index (χ0) is 18.0. The minimum Gasteiger partial charge on any atom is -0.372 e. The smallest absolute Gasteiger partial charge is 0.254 e. The topological polar surface area (TPSA) is 76.5 Å². The van der Waals surface area contributed by atoms with E-state index in [0.717, 1.165) is 5.69 Å². The van der Waals surface area contributed by atoms with Crippen LogP contribution in [-0.2, 0) is 9.53 Å². The summed E-state index contributed by atoms with van der Waals surface area (Å²) in [7, 11) is 0. The second kappa shape index (κ2) is 7.06. The van der Waals surface area contributed by atoms with Gasteiger partial charge in [-0.3, -0.25) is 9.59 Å². The lowest BCUT2D eigenvalue weighted by atomic mass is 10.1. The van der Waals surface area contributed by atoms with Crippen molar-refractivity contribution < 1.29 is 14.3 Å². The molecule has 0 radical (unpaired) electrons. The lowest BCUT2D eigenvalue weighted by Gasteiger charge is -2.35. The van der Waals surface area contributed by atoms with Crippen LogP contribution in [0.1, 0.15) is 31.1 Å². The Labute approximate surface area is 146 Å². The summed E-state index contributed by atoms with van der Waals surface area (Å²) < 4.78 is 7.32. The van der Waals surface area contributed by atoms with Gasteiger partial charge in [0.15, 0.2) is 0 Å². The van der Waals surface area contributed by atoms with Crippen LogP contribution in [0.2, 0.25) is 0 Å². The molecule has 7 nitrogen and oxygen atoms in total. The Morgan fingerprint density at radius 3 is 2.40 bits per heavy atom. The Hall–Kier alpha value is -2.67. The molecule has 2 atom stereocenters. The van der Waals surface area contributed by atoms with Crippen molar-refractivity contribution in [1.82, 2.24) is 14.7 Å². The summed E-state index contributed by atoms with van der Waals surface area (Å²) in [5.41, 5.74) is 2.08. The molecule has 1 aliphatic rings. The molecule has 2 aromatic rings. The number of nitrogens with zero attached hydrogens (tertiary/aromatic N) is 3. The van der Waals surface area contributed by atoms with Crippen molar-refractivity contribution in [2.75, 3.05) is 18.4 Å². The molecule has 0 saturated carbocycles. The van der Waals surface area contributed by atoms with Crippen molar-refractivity contribution in [1.29, 1.82) is 0 Å². The van der Waals surface area contributed by atoms with E-state index in [2.05, 4.69) is 10.4 Å². The van der Waals surface area contributed by atoms with Gasteiger partial charge >= 0.3 is 0 Å². The van der Waals surface area contributed by atoms with Gasteiger partial charge in [-0.25, -0.2) is 4.68 Å². The third-order valence-electron chi connectivity index (χ3n) is 3.99. The van der Waals surface area contributed by atoms with Gasteiger partial charge in [0.2, 0.25) is 5.91 Å². The first-order valence-electron chi connectivity index (χ1n) is 8.30. The summed E-state index contributed by atoms with van der Waals surface area (Å²) in [5.74, 6) is -0.137. The normalized spacial score (nSPS) is 20.4. The number of benzene rings is 1.